The first-order chi connectivity index (χ1) is 8.96. The number of hydrogen-bond donors (Lipinski definition) is 1. The largest absolute Gasteiger partial charge is 0.458 e. The molecule has 0 saturated heterocycles. The number of rotatable bonds is 1. The van der Waals surface area contributed by atoms with Crippen LogP contribution in [0.1, 0.15) is 44.4 Å². The van der Waals surface area contributed by atoms with Crippen LogP contribution in [0.2, 0.25) is 0 Å². The second-order valence-corrected chi connectivity index (χ2v) is 6.54. The van der Waals surface area contributed by atoms with Crippen LogP contribution in [0.25, 0.3) is 11.0 Å². The summed E-state index contributed by atoms with van der Waals surface area (Å²) >= 11 is 0. The van der Waals surface area contributed by atoms with Crippen LogP contribution >= 0.6 is 0 Å². The fraction of sp³-hybridized carbons (Fsp3) is 0.529. The summed E-state index contributed by atoms with van der Waals surface area (Å²) < 4.78 is 5.91. The van der Waals surface area contributed by atoms with Gasteiger partial charge in [-0.2, -0.15) is 0 Å². The molecule has 2 heteroatoms. The van der Waals surface area contributed by atoms with E-state index in [0.29, 0.717) is 11.8 Å². The van der Waals surface area contributed by atoms with Gasteiger partial charge in [0.05, 0.1) is 0 Å². The zero-order chi connectivity index (χ0) is 13.6. The molecule has 1 aliphatic carbocycles. The SMILES string of the molecule is Cc1ccc2oc(C3(O)CC(C)CC(C)C3)cc2c1. The van der Waals surface area contributed by atoms with Crippen LogP contribution < -0.4 is 0 Å². The molecule has 1 aromatic carbocycles. The average molecular weight is 258 g/mol. The Morgan fingerprint density at radius 1 is 1.16 bits per heavy atom. The molecule has 0 bridgehead atoms. The maximum absolute atomic E-state index is 11.0. The standard InChI is InChI=1S/C17H22O2/c1-11-4-5-15-14(7-11)8-16(19-15)17(18)9-12(2)6-13(3)10-17/h4-5,7-8,12-13,18H,6,9-10H2,1-3H3. The lowest BCUT2D eigenvalue weighted by Gasteiger charge is -2.37. The molecule has 2 nitrogen and oxygen atoms in total. The molecule has 1 heterocycles. The van der Waals surface area contributed by atoms with E-state index in [1.807, 2.05) is 18.2 Å². The van der Waals surface area contributed by atoms with E-state index < -0.39 is 5.60 Å². The number of fused-ring (bicyclic) bond motifs is 1. The van der Waals surface area contributed by atoms with Crippen molar-refractivity contribution in [2.75, 3.05) is 0 Å². The van der Waals surface area contributed by atoms with Gasteiger partial charge in [-0.15, -0.1) is 0 Å². The van der Waals surface area contributed by atoms with E-state index in [4.69, 9.17) is 4.42 Å². The molecular weight excluding hydrogens is 236 g/mol. The summed E-state index contributed by atoms with van der Waals surface area (Å²) in [4.78, 5) is 0. The van der Waals surface area contributed by atoms with Gasteiger partial charge in [0.2, 0.25) is 0 Å². The Hall–Kier alpha value is -1.28. The summed E-state index contributed by atoms with van der Waals surface area (Å²) in [6.07, 6.45) is 2.80. The number of aliphatic hydroxyl groups is 1. The maximum atomic E-state index is 11.0. The third-order valence-electron chi connectivity index (χ3n) is 4.31. The molecule has 3 rings (SSSR count). The normalized spacial score (nSPS) is 31.8. The predicted molar refractivity (Wildman–Crippen MR) is 77.0 cm³/mol. The number of furan rings is 1. The van der Waals surface area contributed by atoms with Crippen LogP contribution in [0, 0.1) is 18.8 Å². The van der Waals surface area contributed by atoms with E-state index in [9.17, 15) is 5.11 Å². The predicted octanol–water partition coefficient (Wildman–Crippen LogP) is 4.38. The first-order valence-corrected chi connectivity index (χ1v) is 7.19. The minimum Gasteiger partial charge on any atom is -0.458 e. The zero-order valence-corrected chi connectivity index (χ0v) is 11.9. The number of benzene rings is 1. The molecule has 0 aliphatic heterocycles. The molecule has 1 fully saturated rings. The highest BCUT2D eigenvalue weighted by molar-refractivity contribution is 5.78. The number of hydrogen-bond acceptors (Lipinski definition) is 2. The molecule has 1 saturated carbocycles. The Bertz CT molecular complexity index is 586. The van der Waals surface area contributed by atoms with E-state index in [-0.39, 0.29) is 0 Å². The smallest absolute Gasteiger partial charge is 0.136 e. The topological polar surface area (TPSA) is 33.4 Å². The highest BCUT2D eigenvalue weighted by Crippen LogP contribution is 2.43. The number of aryl methyl sites for hydroxylation is 1. The van der Waals surface area contributed by atoms with Crippen molar-refractivity contribution >= 4 is 11.0 Å². The molecule has 0 radical (unpaired) electrons. The summed E-state index contributed by atoms with van der Waals surface area (Å²) in [5, 5.41) is 12.1. The van der Waals surface area contributed by atoms with Crippen molar-refractivity contribution in [2.24, 2.45) is 11.8 Å². The minimum atomic E-state index is -0.788. The summed E-state index contributed by atoms with van der Waals surface area (Å²) in [5.41, 5.74) is 1.31. The lowest BCUT2D eigenvalue weighted by atomic mass is 9.72. The molecule has 102 valence electrons. The van der Waals surface area contributed by atoms with E-state index in [1.165, 1.54) is 12.0 Å². The van der Waals surface area contributed by atoms with Crippen molar-refractivity contribution in [3.8, 4) is 0 Å². The lowest BCUT2D eigenvalue weighted by Crippen LogP contribution is -2.35. The van der Waals surface area contributed by atoms with E-state index in [0.717, 1.165) is 29.6 Å². The second-order valence-electron chi connectivity index (χ2n) is 6.54. The molecule has 0 amide bonds. The van der Waals surface area contributed by atoms with Crippen LogP contribution in [0.4, 0.5) is 0 Å². The fourth-order valence-electron chi connectivity index (χ4n) is 3.68. The molecule has 2 unspecified atom stereocenters. The Balaban J connectivity index is 2.02. The average Bonchev–Trinajstić information content (AvgIpc) is 2.70. The molecule has 1 N–H and O–H groups in total. The first-order valence-electron chi connectivity index (χ1n) is 7.19. The molecule has 2 aromatic rings. The van der Waals surface area contributed by atoms with Crippen LogP contribution in [-0.2, 0) is 5.60 Å². The Labute approximate surface area is 114 Å². The first kappa shape index (κ1) is 12.7. The van der Waals surface area contributed by atoms with Gasteiger partial charge < -0.3 is 9.52 Å². The molecule has 2 atom stereocenters. The second kappa shape index (κ2) is 4.38. The molecule has 19 heavy (non-hydrogen) atoms. The fourth-order valence-corrected chi connectivity index (χ4v) is 3.68. The monoisotopic (exact) mass is 258 g/mol. The minimum absolute atomic E-state index is 0.545. The summed E-state index contributed by atoms with van der Waals surface area (Å²) in [5.74, 6) is 1.83. The van der Waals surface area contributed by atoms with Gasteiger partial charge in [-0.1, -0.05) is 25.5 Å². The van der Waals surface area contributed by atoms with Gasteiger partial charge in [0.25, 0.3) is 0 Å². The van der Waals surface area contributed by atoms with Gasteiger partial charge >= 0.3 is 0 Å². The van der Waals surface area contributed by atoms with E-state index in [2.05, 4.69) is 26.8 Å². The van der Waals surface area contributed by atoms with Crippen LogP contribution in [0.15, 0.2) is 28.7 Å². The van der Waals surface area contributed by atoms with Gasteiger partial charge in [0.1, 0.15) is 16.9 Å². The molecule has 1 aliphatic rings. The summed E-state index contributed by atoms with van der Waals surface area (Å²) in [6.45, 7) is 6.51. The van der Waals surface area contributed by atoms with Crippen molar-refractivity contribution in [2.45, 2.75) is 45.6 Å². The summed E-state index contributed by atoms with van der Waals surface area (Å²) in [6, 6.07) is 8.17. The maximum Gasteiger partial charge on any atom is 0.136 e. The Morgan fingerprint density at radius 2 is 1.84 bits per heavy atom. The lowest BCUT2D eigenvalue weighted by molar-refractivity contribution is -0.0515. The van der Waals surface area contributed by atoms with Gasteiger partial charge in [-0.25, -0.2) is 0 Å². The zero-order valence-electron chi connectivity index (χ0n) is 11.9. The van der Waals surface area contributed by atoms with Crippen molar-refractivity contribution in [1.29, 1.82) is 0 Å². The van der Waals surface area contributed by atoms with Crippen LogP contribution in [0.5, 0.6) is 0 Å². The van der Waals surface area contributed by atoms with Gasteiger partial charge in [-0.05, 0) is 56.2 Å². The van der Waals surface area contributed by atoms with Crippen LogP contribution in [-0.4, -0.2) is 5.11 Å². The quantitative estimate of drug-likeness (QED) is 0.823. The van der Waals surface area contributed by atoms with Crippen molar-refractivity contribution in [3.05, 3.63) is 35.6 Å². The Kier molecular flexibility index (Phi) is 2.94. The third-order valence-corrected chi connectivity index (χ3v) is 4.31. The van der Waals surface area contributed by atoms with Crippen molar-refractivity contribution in [1.82, 2.24) is 0 Å². The van der Waals surface area contributed by atoms with Gasteiger partial charge in [-0.3, -0.25) is 0 Å². The van der Waals surface area contributed by atoms with Crippen molar-refractivity contribution < 1.29 is 9.52 Å². The van der Waals surface area contributed by atoms with E-state index in [1.54, 1.807) is 0 Å². The van der Waals surface area contributed by atoms with Gasteiger partial charge in [0.15, 0.2) is 0 Å². The summed E-state index contributed by atoms with van der Waals surface area (Å²) in [7, 11) is 0. The molecule has 1 aromatic heterocycles. The van der Waals surface area contributed by atoms with Crippen molar-refractivity contribution in [3.63, 3.8) is 0 Å². The van der Waals surface area contributed by atoms with Gasteiger partial charge in [0, 0.05) is 5.39 Å². The highest BCUT2D eigenvalue weighted by atomic mass is 16.4. The third kappa shape index (κ3) is 2.30. The van der Waals surface area contributed by atoms with Crippen LogP contribution in [0.3, 0.4) is 0 Å². The molecule has 0 spiro atoms. The Morgan fingerprint density at radius 3 is 2.53 bits per heavy atom. The highest BCUT2D eigenvalue weighted by Gasteiger charge is 2.40. The van der Waals surface area contributed by atoms with E-state index >= 15 is 0 Å². The molecular formula is C17H22O2.